The zero-order valence-electron chi connectivity index (χ0n) is 11.9. The van der Waals surface area contributed by atoms with Crippen LogP contribution in [0.5, 0.6) is 0 Å². The summed E-state index contributed by atoms with van der Waals surface area (Å²) in [6, 6.07) is 3.98. The van der Waals surface area contributed by atoms with Crippen molar-refractivity contribution in [1.82, 2.24) is 5.32 Å². The van der Waals surface area contributed by atoms with E-state index in [1.54, 1.807) is 19.1 Å². The Bertz CT molecular complexity index is 526. The van der Waals surface area contributed by atoms with Crippen molar-refractivity contribution >= 4 is 33.2 Å². The normalized spacial score (nSPS) is 12.7. The summed E-state index contributed by atoms with van der Waals surface area (Å²) in [5.74, 6) is -0.216. The molecule has 2 N–H and O–H groups in total. The predicted octanol–water partition coefficient (Wildman–Crippen LogP) is 3.07. The topological polar surface area (TPSA) is 84.3 Å². The van der Waals surface area contributed by atoms with Gasteiger partial charge in [-0.15, -0.1) is 0 Å². The van der Waals surface area contributed by atoms with Crippen LogP contribution in [0.1, 0.15) is 27.7 Å². The maximum absolute atomic E-state index is 12.0. The van der Waals surface area contributed by atoms with E-state index < -0.39 is 11.0 Å². The summed E-state index contributed by atoms with van der Waals surface area (Å²) in [5.41, 5.74) is -0.111. The fourth-order valence-electron chi connectivity index (χ4n) is 1.56. The molecular weight excluding hydrogens is 326 g/mol. The third-order valence-corrected chi connectivity index (χ3v) is 2.91. The Labute approximate surface area is 126 Å². The van der Waals surface area contributed by atoms with E-state index in [0.717, 1.165) is 0 Å². The lowest BCUT2D eigenvalue weighted by atomic mass is 10.1. The van der Waals surface area contributed by atoms with E-state index >= 15 is 0 Å². The summed E-state index contributed by atoms with van der Waals surface area (Å²) in [5, 5.41) is 16.7. The monoisotopic (exact) mass is 343 g/mol. The number of rotatable bonds is 4. The molecule has 1 aromatic carbocycles. The highest BCUT2D eigenvalue weighted by molar-refractivity contribution is 9.10. The maximum atomic E-state index is 12.0. The Morgan fingerprint density at radius 1 is 1.40 bits per heavy atom. The first kappa shape index (κ1) is 16.4. The zero-order valence-corrected chi connectivity index (χ0v) is 13.4. The van der Waals surface area contributed by atoms with Gasteiger partial charge >= 0.3 is 0 Å². The first-order chi connectivity index (χ1) is 9.10. The Hall–Kier alpha value is -1.63. The Balaban J connectivity index is 2.90. The fraction of sp³-hybridized carbons (Fsp3) is 0.462. The molecule has 6 nitrogen and oxygen atoms in total. The summed E-state index contributed by atoms with van der Waals surface area (Å²) in [4.78, 5) is 22.5. The molecule has 7 heteroatoms. The Morgan fingerprint density at radius 2 is 2.00 bits per heavy atom. The maximum Gasteiger partial charge on any atom is 0.292 e. The number of benzene rings is 1. The molecule has 0 heterocycles. The van der Waals surface area contributed by atoms with Gasteiger partial charge in [0.15, 0.2) is 0 Å². The van der Waals surface area contributed by atoms with Crippen molar-refractivity contribution in [2.45, 2.75) is 39.3 Å². The number of nitro groups is 1. The van der Waals surface area contributed by atoms with E-state index in [1.807, 2.05) is 20.8 Å². The molecule has 0 aliphatic heterocycles. The molecule has 1 amide bonds. The largest absolute Gasteiger partial charge is 0.368 e. The van der Waals surface area contributed by atoms with Crippen molar-refractivity contribution in [2.75, 3.05) is 5.32 Å². The first-order valence-corrected chi connectivity index (χ1v) is 6.92. The van der Waals surface area contributed by atoms with Crippen LogP contribution in [0.4, 0.5) is 11.4 Å². The van der Waals surface area contributed by atoms with Crippen molar-refractivity contribution in [3.63, 3.8) is 0 Å². The molecule has 1 aromatic rings. The molecule has 0 spiro atoms. The number of hydrogen-bond acceptors (Lipinski definition) is 4. The van der Waals surface area contributed by atoms with Crippen molar-refractivity contribution in [3.05, 3.63) is 32.8 Å². The Kier molecular flexibility index (Phi) is 5.10. The lowest BCUT2D eigenvalue weighted by Gasteiger charge is -2.24. The van der Waals surface area contributed by atoms with Gasteiger partial charge in [0.05, 0.1) is 4.92 Å². The van der Waals surface area contributed by atoms with Crippen LogP contribution in [0, 0.1) is 10.1 Å². The van der Waals surface area contributed by atoms with Gasteiger partial charge in [-0.1, -0.05) is 15.9 Å². The average molecular weight is 344 g/mol. The van der Waals surface area contributed by atoms with Gasteiger partial charge in [0, 0.05) is 16.1 Å². The summed E-state index contributed by atoms with van der Waals surface area (Å²) < 4.78 is 0.703. The van der Waals surface area contributed by atoms with Crippen LogP contribution in [0.3, 0.4) is 0 Å². The molecule has 110 valence electrons. The van der Waals surface area contributed by atoms with Gasteiger partial charge in [-0.2, -0.15) is 0 Å². The minimum Gasteiger partial charge on any atom is -0.368 e. The highest BCUT2D eigenvalue weighted by Crippen LogP contribution is 2.28. The third kappa shape index (κ3) is 4.80. The highest BCUT2D eigenvalue weighted by Gasteiger charge is 2.22. The van der Waals surface area contributed by atoms with Gasteiger partial charge in [0.25, 0.3) is 5.69 Å². The number of nitro benzene ring substituents is 1. The number of hydrogen-bond donors (Lipinski definition) is 2. The Morgan fingerprint density at radius 3 is 2.50 bits per heavy atom. The summed E-state index contributed by atoms with van der Waals surface area (Å²) in [6.45, 7) is 7.28. The quantitative estimate of drug-likeness (QED) is 0.649. The van der Waals surface area contributed by atoms with Crippen LogP contribution in [0.25, 0.3) is 0 Å². The molecule has 0 saturated heterocycles. The van der Waals surface area contributed by atoms with E-state index in [2.05, 4.69) is 26.6 Å². The number of nitrogens with zero attached hydrogens (tertiary/aromatic N) is 1. The second-order valence-corrected chi connectivity index (χ2v) is 6.44. The predicted molar refractivity (Wildman–Crippen MR) is 81.8 cm³/mol. The van der Waals surface area contributed by atoms with Crippen molar-refractivity contribution in [3.8, 4) is 0 Å². The number of carbonyl (C=O) groups excluding carboxylic acids is 1. The van der Waals surface area contributed by atoms with Crippen LogP contribution in [-0.4, -0.2) is 22.4 Å². The zero-order chi connectivity index (χ0) is 15.5. The van der Waals surface area contributed by atoms with Crippen molar-refractivity contribution < 1.29 is 9.72 Å². The summed E-state index contributed by atoms with van der Waals surface area (Å²) in [6.07, 6.45) is 0. The molecule has 1 rings (SSSR count). The smallest absolute Gasteiger partial charge is 0.292 e. The number of carbonyl (C=O) groups is 1. The number of halogens is 1. The summed E-state index contributed by atoms with van der Waals surface area (Å²) >= 11 is 3.26. The molecule has 0 saturated carbocycles. The average Bonchev–Trinajstić information content (AvgIpc) is 2.26. The third-order valence-electron chi connectivity index (χ3n) is 2.42. The number of anilines is 1. The molecular formula is C13H18BrN3O3. The molecule has 0 radical (unpaired) electrons. The van der Waals surface area contributed by atoms with E-state index in [0.29, 0.717) is 10.2 Å². The van der Waals surface area contributed by atoms with Gasteiger partial charge < -0.3 is 10.6 Å². The number of amides is 1. The molecule has 0 aliphatic rings. The van der Waals surface area contributed by atoms with Gasteiger partial charge in [0.2, 0.25) is 5.91 Å². The first-order valence-electron chi connectivity index (χ1n) is 6.12. The standard InChI is InChI=1S/C13H18BrN3O3/c1-8(12(18)16-13(2,3)4)15-10-7-9(14)5-6-11(10)17(19)20/h5-8,15H,1-4H3,(H,16,18). The van der Waals surface area contributed by atoms with Crippen LogP contribution in [0.2, 0.25) is 0 Å². The van der Waals surface area contributed by atoms with Crippen molar-refractivity contribution in [2.24, 2.45) is 0 Å². The van der Waals surface area contributed by atoms with Crippen LogP contribution in [-0.2, 0) is 4.79 Å². The highest BCUT2D eigenvalue weighted by atomic mass is 79.9. The lowest BCUT2D eigenvalue weighted by molar-refractivity contribution is -0.384. The van der Waals surface area contributed by atoms with E-state index in [9.17, 15) is 14.9 Å². The van der Waals surface area contributed by atoms with Crippen LogP contribution < -0.4 is 10.6 Å². The number of nitrogens with one attached hydrogen (secondary N) is 2. The minimum absolute atomic E-state index is 0.0661. The molecule has 0 fully saturated rings. The van der Waals surface area contributed by atoms with Gasteiger partial charge in [0.1, 0.15) is 11.7 Å². The van der Waals surface area contributed by atoms with Crippen molar-refractivity contribution in [1.29, 1.82) is 0 Å². The SMILES string of the molecule is CC(Nc1cc(Br)ccc1[N+](=O)[O-])C(=O)NC(C)(C)C. The van der Waals surface area contributed by atoms with Crippen LogP contribution in [0.15, 0.2) is 22.7 Å². The van der Waals surface area contributed by atoms with E-state index in [-0.39, 0.29) is 17.1 Å². The van der Waals surface area contributed by atoms with Gasteiger partial charge in [-0.25, -0.2) is 0 Å². The van der Waals surface area contributed by atoms with Gasteiger partial charge in [-0.05, 0) is 39.8 Å². The molecule has 1 unspecified atom stereocenters. The molecule has 1 atom stereocenters. The van der Waals surface area contributed by atoms with E-state index in [1.165, 1.54) is 6.07 Å². The molecule has 0 bridgehead atoms. The second-order valence-electron chi connectivity index (χ2n) is 5.52. The minimum atomic E-state index is -0.581. The second kappa shape index (κ2) is 6.21. The molecule has 0 aromatic heterocycles. The summed E-state index contributed by atoms with van der Waals surface area (Å²) in [7, 11) is 0. The van der Waals surface area contributed by atoms with Gasteiger partial charge in [-0.3, -0.25) is 14.9 Å². The fourth-order valence-corrected chi connectivity index (χ4v) is 1.92. The molecule has 0 aliphatic carbocycles. The van der Waals surface area contributed by atoms with Crippen LogP contribution >= 0.6 is 15.9 Å². The molecule has 20 heavy (non-hydrogen) atoms. The lowest BCUT2D eigenvalue weighted by Crippen LogP contribution is -2.47. The van der Waals surface area contributed by atoms with E-state index in [4.69, 9.17) is 0 Å².